The standard InChI is InChI=1S/C5H10O5/c1-8-10-3-2-9-4-5(6)7/h2-4H2,1H3,(H,6,7). The highest BCUT2D eigenvalue weighted by Gasteiger charge is 1.94. The normalized spacial score (nSPS) is 9.70. The molecule has 1 N–H and O–H groups in total. The van der Waals surface area contributed by atoms with Gasteiger partial charge in [-0.1, -0.05) is 0 Å². The summed E-state index contributed by atoms with van der Waals surface area (Å²) in [6, 6.07) is 0. The Labute approximate surface area is 58.4 Å². The lowest BCUT2D eigenvalue weighted by molar-refractivity contribution is -0.277. The van der Waals surface area contributed by atoms with E-state index in [1.165, 1.54) is 7.11 Å². The maximum absolute atomic E-state index is 9.83. The number of aliphatic carboxylic acids is 1. The molecule has 0 aromatic heterocycles. The fourth-order valence-corrected chi connectivity index (χ4v) is 0.336. The highest BCUT2D eigenvalue weighted by Crippen LogP contribution is 1.77. The van der Waals surface area contributed by atoms with Crippen molar-refractivity contribution in [1.29, 1.82) is 0 Å². The Bertz CT molecular complexity index is 92.0. The second-order valence-electron chi connectivity index (χ2n) is 1.43. The van der Waals surface area contributed by atoms with Gasteiger partial charge in [-0.15, -0.1) is 0 Å². The van der Waals surface area contributed by atoms with Crippen LogP contribution in [0.15, 0.2) is 0 Å². The van der Waals surface area contributed by atoms with E-state index in [9.17, 15) is 4.79 Å². The molecule has 0 aromatic carbocycles. The van der Waals surface area contributed by atoms with E-state index in [0.717, 1.165) is 0 Å². The summed E-state index contributed by atoms with van der Waals surface area (Å²) in [5.41, 5.74) is 0. The van der Waals surface area contributed by atoms with Gasteiger partial charge in [-0.2, -0.15) is 0 Å². The van der Waals surface area contributed by atoms with E-state index >= 15 is 0 Å². The molecule has 0 amide bonds. The van der Waals surface area contributed by atoms with Crippen molar-refractivity contribution in [2.24, 2.45) is 0 Å². The number of ether oxygens (including phenoxy) is 1. The van der Waals surface area contributed by atoms with Crippen LogP contribution < -0.4 is 0 Å². The first kappa shape index (κ1) is 9.35. The first-order chi connectivity index (χ1) is 4.77. The van der Waals surface area contributed by atoms with Gasteiger partial charge in [-0.3, -0.25) is 0 Å². The van der Waals surface area contributed by atoms with Gasteiger partial charge >= 0.3 is 5.97 Å². The number of hydrogen-bond acceptors (Lipinski definition) is 4. The molecule has 60 valence electrons. The molecule has 0 bridgehead atoms. The quantitative estimate of drug-likeness (QED) is 0.319. The summed E-state index contributed by atoms with van der Waals surface area (Å²) in [6.07, 6.45) is 0. The van der Waals surface area contributed by atoms with Crippen LogP contribution >= 0.6 is 0 Å². The molecule has 0 fully saturated rings. The molecular weight excluding hydrogens is 140 g/mol. The molecule has 0 rings (SSSR count). The van der Waals surface area contributed by atoms with Crippen molar-refractivity contribution < 1.29 is 24.4 Å². The minimum Gasteiger partial charge on any atom is -0.480 e. The van der Waals surface area contributed by atoms with Gasteiger partial charge in [0.05, 0.1) is 13.7 Å². The van der Waals surface area contributed by atoms with Crippen molar-refractivity contribution in [3.05, 3.63) is 0 Å². The number of rotatable bonds is 6. The van der Waals surface area contributed by atoms with Crippen LogP contribution in [-0.2, 0) is 19.3 Å². The molecule has 0 atom stereocenters. The first-order valence-electron chi connectivity index (χ1n) is 2.72. The second-order valence-corrected chi connectivity index (χ2v) is 1.43. The molecule has 0 saturated carbocycles. The van der Waals surface area contributed by atoms with Gasteiger partial charge in [-0.05, 0) is 0 Å². The molecule has 0 aliphatic heterocycles. The molecule has 0 aliphatic rings. The van der Waals surface area contributed by atoms with Crippen molar-refractivity contribution in [3.8, 4) is 0 Å². The van der Waals surface area contributed by atoms with Crippen LogP contribution in [-0.4, -0.2) is 38.0 Å². The summed E-state index contributed by atoms with van der Waals surface area (Å²) in [5, 5.41) is 8.07. The lowest BCUT2D eigenvalue weighted by Gasteiger charge is -1.99. The molecule has 5 nitrogen and oxygen atoms in total. The van der Waals surface area contributed by atoms with E-state index in [2.05, 4.69) is 14.5 Å². The monoisotopic (exact) mass is 150 g/mol. The third-order valence-electron chi connectivity index (χ3n) is 0.654. The molecular formula is C5H10O5. The minimum absolute atomic E-state index is 0.222. The summed E-state index contributed by atoms with van der Waals surface area (Å²) in [6.45, 7) is 0.164. The van der Waals surface area contributed by atoms with Gasteiger partial charge < -0.3 is 9.84 Å². The highest BCUT2D eigenvalue weighted by molar-refractivity contribution is 5.67. The second kappa shape index (κ2) is 6.47. The van der Waals surface area contributed by atoms with Crippen LogP contribution in [0.25, 0.3) is 0 Å². The molecule has 0 unspecified atom stereocenters. The zero-order chi connectivity index (χ0) is 7.82. The van der Waals surface area contributed by atoms with Crippen molar-refractivity contribution >= 4 is 5.97 Å². The van der Waals surface area contributed by atoms with Crippen LogP contribution in [0.2, 0.25) is 0 Å². The smallest absolute Gasteiger partial charge is 0.329 e. The van der Waals surface area contributed by atoms with Crippen molar-refractivity contribution in [2.45, 2.75) is 0 Å². The average Bonchev–Trinajstić information content (AvgIpc) is 1.87. The molecule has 10 heavy (non-hydrogen) atoms. The molecule has 0 aromatic rings. The summed E-state index contributed by atoms with van der Waals surface area (Å²) in [5.74, 6) is -0.989. The number of carboxylic acids is 1. The Balaban J connectivity index is 2.84. The summed E-state index contributed by atoms with van der Waals surface area (Å²) in [4.78, 5) is 18.5. The van der Waals surface area contributed by atoms with Gasteiger partial charge in [0.25, 0.3) is 0 Å². The van der Waals surface area contributed by atoms with E-state index in [1.54, 1.807) is 0 Å². The maximum atomic E-state index is 9.83. The lowest BCUT2D eigenvalue weighted by Crippen LogP contribution is -2.10. The van der Waals surface area contributed by atoms with E-state index in [1.807, 2.05) is 0 Å². The zero-order valence-electron chi connectivity index (χ0n) is 5.70. The summed E-state index contributed by atoms with van der Waals surface area (Å²) >= 11 is 0. The van der Waals surface area contributed by atoms with Crippen LogP contribution in [0.5, 0.6) is 0 Å². The third-order valence-corrected chi connectivity index (χ3v) is 0.654. The van der Waals surface area contributed by atoms with Crippen LogP contribution in [0.4, 0.5) is 0 Å². The number of carboxylic acid groups (broad SMARTS) is 1. The molecule has 0 spiro atoms. The van der Waals surface area contributed by atoms with Gasteiger partial charge in [0.15, 0.2) is 0 Å². The van der Waals surface area contributed by atoms with Gasteiger partial charge in [0.1, 0.15) is 13.2 Å². The Morgan fingerprint density at radius 2 is 2.20 bits per heavy atom. The van der Waals surface area contributed by atoms with Crippen LogP contribution in [0.3, 0.4) is 0 Å². The van der Waals surface area contributed by atoms with E-state index in [4.69, 9.17) is 5.11 Å². The van der Waals surface area contributed by atoms with Crippen molar-refractivity contribution in [2.75, 3.05) is 26.9 Å². The van der Waals surface area contributed by atoms with Crippen molar-refractivity contribution in [1.82, 2.24) is 0 Å². The Kier molecular flexibility index (Phi) is 6.05. The largest absolute Gasteiger partial charge is 0.480 e. The summed E-state index contributed by atoms with van der Waals surface area (Å²) in [7, 11) is 1.37. The van der Waals surface area contributed by atoms with Crippen LogP contribution in [0.1, 0.15) is 0 Å². The highest BCUT2D eigenvalue weighted by atomic mass is 17.2. The zero-order valence-corrected chi connectivity index (χ0v) is 5.70. The fourth-order valence-electron chi connectivity index (χ4n) is 0.336. The molecule has 0 saturated heterocycles. The van der Waals surface area contributed by atoms with Crippen LogP contribution in [0, 0.1) is 0 Å². The van der Waals surface area contributed by atoms with Gasteiger partial charge in [0.2, 0.25) is 0 Å². The Hall–Kier alpha value is -0.650. The first-order valence-corrected chi connectivity index (χ1v) is 2.72. The molecule has 0 aliphatic carbocycles. The topological polar surface area (TPSA) is 65.0 Å². The van der Waals surface area contributed by atoms with Gasteiger partial charge in [0, 0.05) is 0 Å². The van der Waals surface area contributed by atoms with Gasteiger partial charge in [-0.25, -0.2) is 14.6 Å². The predicted octanol–water partition coefficient (Wildman–Crippen LogP) is -0.334. The Morgan fingerprint density at radius 3 is 2.70 bits per heavy atom. The number of carbonyl (C=O) groups is 1. The SMILES string of the molecule is COOCCOCC(=O)O. The minimum atomic E-state index is -0.989. The van der Waals surface area contributed by atoms with E-state index in [-0.39, 0.29) is 19.8 Å². The predicted molar refractivity (Wildman–Crippen MR) is 31.4 cm³/mol. The fraction of sp³-hybridized carbons (Fsp3) is 0.800. The number of hydrogen-bond donors (Lipinski definition) is 1. The van der Waals surface area contributed by atoms with E-state index in [0.29, 0.717) is 0 Å². The molecule has 0 heterocycles. The molecule has 0 radical (unpaired) electrons. The lowest BCUT2D eigenvalue weighted by atomic mass is 10.7. The average molecular weight is 150 g/mol. The van der Waals surface area contributed by atoms with E-state index < -0.39 is 5.97 Å². The van der Waals surface area contributed by atoms with Crippen molar-refractivity contribution in [3.63, 3.8) is 0 Å². The maximum Gasteiger partial charge on any atom is 0.329 e. The Morgan fingerprint density at radius 1 is 1.50 bits per heavy atom. The summed E-state index contributed by atoms with van der Waals surface area (Å²) < 4.78 is 4.59. The molecule has 5 heteroatoms. The third kappa shape index (κ3) is 7.35.